The van der Waals surface area contributed by atoms with Crippen molar-refractivity contribution in [3.8, 4) is 6.26 Å². The summed E-state index contributed by atoms with van der Waals surface area (Å²) >= 11 is 0. The van der Waals surface area contributed by atoms with E-state index in [1.54, 1.807) is 6.08 Å². The van der Waals surface area contributed by atoms with Crippen LogP contribution >= 0.6 is 0 Å². The average Bonchev–Trinajstić information content (AvgIpc) is 3.25. The SMILES string of the molecule is N#COC1CCCC(CC2CCCC(NC(=O)OCOC(=O)NC3CCCC(CC4CCCC(NC(=O)OCOC(=O)NC5CCCC(CC6CCCC(N=C=O)C6)C5)C4)C3)C2)C1. The number of isocyanates is 1. The van der Waals surface area contributed by atoms with Crippen LogP contribution in [0.2, 0.25) is 0 Å². The number of amides is 4. The number of nitriles is 1. The van der Waals surface area contributed by atoms with Gasteiger partial charge in [0.1, 0.15) is 6.10 Å². The van der Waals surface area contributed by atoms with Crippen molar-refractivity contribution in [3.05, 3.63) is 0 Å². The Morgan fingerprint density at radius 3 is 1.16 bits per heavy atom. The van der Waals surface area contributed by atoms with Crippen molar-refractivity contribution in [2.45, 2.75) is 210 Å². The van der Waals surface area contributed by atoms with Gasteiger partial charge < -0.3 is 45.0 Å². The normalized spacial score (nSPS) is 33.4. The maximum Gasteiger partial charge on any atom is 0.410 e. The first-order valence-corrected chi connectivity index (χ1v) is 24.5. The van der Waals surface area contributed by atoms with Gasteiger partial charge in [0.2, 0.25) is 19.7 Å². The molecule has 4 N–H and O–H groups in total. The van der Waals surface area contributed by atoms with Gasteiger partial charge in [-0.2, -0.15) is 5.26 Å². The lowest BCUT2D eigenvalue weighted by molar-refractivity contribution is 0.0189. The summed E-state index contributed by atoms with van der Waals surface area (Å²) in [6.07, 6.45) is 28.3. The second kappa shape index (κ2) is 25.9. The van der Waals surface area contributed by atoms with Crippen LogP contribution in [0.4, 0.5) is 19.2 Å². The van der Waals surface area contributed by atoms with Crippen molar-refractivity contribution in [2.75, 3.05) is 13.6 Å². The van der Waals surface area contributed by atoms with Gasteiger partial charge in [0.25, 0.3) is 6.26 Å². The van der Waals surface area contributed by atoms with E-state index in [0.29, 0.717) is 35.5 Å². The van der Waals surface area contributed by atoms with Gasteiger partial charge in [0.05, 0.1) is 6.04 Å². The third-order valence-corrected chi connectivity index (χ3v) is 15.1. The fourth-order valence-corrected chi connectivity index (χ4v) is 12.4. The molecule has 0 bridgehead atoms. The molecule has 12 unspecified atom stereocenters. The Morgan fingerprint density at radius 1 is 0.460 bits per heavy atom. The summed E-state index contributed by atoms with van der Waals surface area (Å²) in [7, 11) is 0. The van der Waals surface area contributed by atoms with Crippen LogP contribution in [0.25, 0.3) is 0 Å². The van der Waals surface area contributed by atoms with Crippen molar-refractivity contribution < 1.29 is 47.7 Å². The molecule has 0 aromatic rings. The van der Waals surface area contributed by atoms with Gasteiger partial charge in [-0.3, -0.25) is 0 Å². The molecule has 63 heavy (non-hydrogen) atoms. The fourth-order valence-electron chi connectivity index (χ4n) is 12.4. The lowest BCUT2D eigenvalue weighted by Gasteiger charge is -2.35. The zero-order chi connectivity index (χ0) is 44.2. The van der Waals surface area contributed by atoms with Gasteiger partial charge in [-0.25, -0.2) is 29.0 Å². The minimum atomic E-state index is -0.589. The number of hydrogen-bond acceptors (Lipinski definition) is 12. The van der Waals surface area contributed by atoms with E-state index in [2.05, 4.69) is 26.3 Å². The van der Waals surface area contributed by atoms with Crippen molar-refractivity contribution in [2.24, 2.45) is 40.5 Å². The Labute approximate surface area is 373 Å². The molecule has 0 aromatic heterocycles. The van der Waals surface area contributed by atoms with Gasteiger partial charge in [0.15, 0.2) is 0 Å². The van der Waals surface area contributed by atoms with Gasteiger partial charge >= 0.3 is 24.4 Å². The highest BCUT2D eigenvalue weighted by Gasteiger charge is 2.33. The number of nitrogens with zero attached hydrogens (tertiary/aromatic N) is 2. The molecule has 4 amide bonds. The van der Waals surface area contributed by atoms with Gasteiger partial charge in [0, 0.05) is 24.2 Å². The first kappa shape index (κ1) is 48.2. The summed E-state index contributed by atoms with van der Waals surface area (Å²) < 4.78 is 26.2. The number of ether oxygens (including phenoxy) is 5. The largest absolute Gasteiger partial charge is 0.424 e. The maximum absolute atomic E-state index is 12.7. The molecule has 0 aliphatic heterocycles. The summed E-state index contributed by atoms with van der Waals surface area (Å²) in [4.78, 5) is 65.1. The van der Waals surface area contributed by atoms with Crippen LogP contribution in [0, 0.1) is 47.0 Å². The Bertz CT molecular complexity index is 1560. The highest BCUT2D eigenvalue weighted by molar-refractivity contribution is 5.70. The molecular weight excluding hydrogens is 809 g/mol. The predicted molar refractivity (Wildman–Crippen MR) is 231 cm³/mol. The Kier molecular flexibility index (Phi) is 19.8. The minimum Gasteiger partial charge on any atom is -0.424 e. The Hall–Kier alpha value is -4.25. The lowest BCUT2D eigenvalue weighted by Crippen LogP contribution is -2.42. The van der Waals surface area contributed by atoms with Crippen LogP contribution in [0.3, 0.4) is 0 Å². The summed E-state index contributed by atoms with van der Waals surface area (Å²) in [5.41, 5.74) is 0. The average molecular weight is 883 g/mol. The molecule has 16 nitrogen and oxygen atoms in total. The smallest absolute Gasteiger partial charge is 0.410 e. The summed E-state index contributed by atoms with van der Waals surface area (Å²) in [5.74, 6) is 3.03. The quantitative estimate of drug-likeness (QED) is 0.0496. The molecule has 16 heteroatoms. The second-order valence-corrected chi connectivity index (χ2v) is 19.9. The third kappa shape index (κ3) is 17.3. The Morgan fingerprint density at radius 2 is 0.794 bits per heavy atom. The third-order valence-electron chi connectivity index (χ3n) is 15.1. The van der Waals surface area contributed by atoms with Crippen LogP contribution < -0.4 is 21.3 Å². The van der Waals surface area contributed by atoms with E-state index >= 15 is 0 Å². The van der Waals surface area contributed by atoms with Crippen molar-refractivity contribution in [1.82, 2.24) is 21.3 Å². The molecule has 6 rings (SSSR count). The molecule has 0 saturated heterocycles. The van der Waals surface area contributed by atoms with Crippen molar-refractivity contribution in [1.29, 1.82) is 5.26 Å². The molecule has 6 fully saturated rings. The molecule has 0 spiro atoms. The predicted octanol–water partition coefficient (Wildman–Crippen LogP) is 9.16. The number of carbonyl (C=O) groups is 4. The standard InChI is InChI=1S/C47H74N6O10/c48-28-59-43-18-6-12-37(27-43)21-36-11-5-17-42(26-36)53-47(58)63-31-62-46(57)52-41-16-4-10-35(25-41)20-34-9-3-15-40(24-34)51-45(56)61-30-60-44(55)50-39-14-2-8-33(23-39)19-32-7-1-13-38(22-32)49-29-54/h32-43H,1-27,30-31H2,(H,50,55)(H,51,56)(H,52,57)(H,53,58). The summed E-state index contributed by atoms with van der Waals surface area (Å²) in [6, 6.07) is 0.130. The second-order valence-electron chi connectivity index (χ2n) is 19.9. The Balaban J connectivity index is 0.794. The molecule has 352 valence electrons. The van der Waals surface area contributed by atoms with E-state index in [4.69, 9.17) is 28.9 Å². The fraction of sp³-hybridized carbons (Fsp3) is 0.872. The molecule has 6 aliphatic rings. The van der Waals surface area contributed by atoms with E-state index < -0.39 is 38.0 Å². The molecule has 0 heterocycles. The maximum atomic E-state index is 12.7. The van der Waals surface area contributed by atoms with Crippen LogP contribution in [-0.2, 0) is 28.5 Å². The number of nitrogens with one attached hydrogen (secondary N) is 4. The van der Waals surface area contributed by atoms with Crippen molar-refractivity contribution >= 4 is 30.5 Å². The number of hydrogen-bond donors (Lipinski definition) is 4. The number of carbonyl (C=O) groups excluding carboxylic acids is 5. The van der Waals surface area contributed by atoms with Crippen LogP contribution in [0.1, 0.15) is 173 Å². The zero-order valence-corrected chi connectivity index (χ0v) is 37.4. The molecule has 0 aromatic carbocycles. The number of rotatable bonds is 16. The lowest BCUT2D eigenvalue weighted by atomic mass is 9.75. The molecule has 12 atom stereocenters. The topological polar surface area (TPSA) is 216 Å². The van der Waals surface area contributed by atoms with E-state index in [1.165, 1.54) is 0 Å². The minimum absolute atomic E-state index is 0.0142. The summed E-state index contributed by atoms with van der Waals surface area (Å²) in [5, 5.41) is 20.8. The highest BCUT2D eigenvalue weighted by atomic mass is 16.7. The number of alkyl carbamates (subject to hydrolysis) is 4. The van der Waals surface area contributed by atoms with Crippen molar-refractivity contribution in [3.63, 3.8) is 0 Å². The molecule has 0 radical (unpaired) electrons. The monoisotopic (exact) mass is 883 g/mol. The van der Waals surface area contributed by atoms with Crippen LogP contribution in [0.15, 0.2) is 4.99 Å². The molecule has 6 aliphatic carbocycles. The molecular formula is C47H74N6O10. The number of aliphatic imine (C=N–C) groups is 1. The van der Waals surface area contributed by atoms with Crippen LogP contribution in [0.5, 0.6) is 0 Å². The van der Waals surface area contributed by atoms with Gasteiger partial charge in [-0.05, 0) is 138 Å². The zero-order valence-electron chi connectivity index (χ0n) is 37.4. The van der Waals surface area contributed by atoms with E-state index in [-0.39, 0.29) is 36.3 Å². The van der Waals surface area contributed by atoms with E-state index in [1.807, 2.05) is 6.26 Å². The van der Waals surface area contributed by atoms with E-state index in [0.717, 1.165) is 173 Å². The van der Waals surface area contributed by atoms with Gasteiger partial charge in [-0.1, -0.05) is 70.6 Å². The van der Waals surface area contributed by atoms with Gasteiger partial charge in [-0.15, -0.1) is 0 Å². The molecule has 6 saturated carbocycles. The first-order valence-electron chi connectivity index (χ1n) is 24.5. The first-order chi connectivity index (χ1) is 30.7. The van der Waals surface area contributed by atoms with E-state index in [9.17, 15) is 24.0 Å². The highest BCUT2D eigenvalue weighted by Crippen LogP contribution is 2.39. The van der Waals surface area contributed by atoms with Crippen LogP contribution in [-0.4, -0.2) is 80.4 Å². The summed E-state index contributed by atoms with van der Waals surface area (Å²) in [6.45, 7) is -0.899.